The quantitative estimate of drug-likeness (QED) is 0.757. The molecule has 2 N–H and O–H groups in total. The highest BCUT2D eigenvalue weighted by Gasteiger charge is 2.34. The predicted octanol–water partition coefficient (Wildman–Crippen LogP) is 2.30. The van der Waals surface area contributed by atoms with Crippen LogP contribution >= 0.6 is 11.8 Å². The molecule has 136 valence electrons. The third kappa shape index (κ3) is 5.49. The van der Waals surface area contributed by atoms with Gasteiger partial charge in [0.15, 0.2) is 0 Å². The summed E-state index contributed by atoms with van der Waals surface area (Å²) in [5.41, 5.74) is 1.91. The maximum absolute atomic E-state index is 12.2. The molecule has 0 radical (unpaired) electrons. The van der Waals surface area contributed by atoms with E-state index in [0.717, 1.165) is 0 Å². The summed E-state index contributed by atoms with van der Waals surface area (Å²) in [6.45, 7) is 6.21. The largest absolute Gasteiger partial charge is 0.464 e. The van der Waals surface area contributed by atoms with Crippen molar-refractivity contribution in [2.75, 3.05) is 17.7 Å². The molecule has 1 heterocycles. The van der Waals surface area contributed by atoms with Crippen molar-refractivity contribution in [2.24, 2.45) is 0 Å². The van der Waals surface area contributed by atoms with Crippen LogP contribution in [-0.4, -0.2) is 41.4 Å². The lowest BCUT2D eigenvalue weighted by Crippen LogP contribution is -2.51. The van der Waals surface area contributed by atoms with Crippen LogP contribution in [0.2, 0.25) is 0 Å². The van der Waals surface area contributed by atoms with Crippen molar-refractivity contribution < 1.29 is 19.1 Å². The van der Waals surface area contributed by atoms with Crippen molar-refractivity contribution in [2.45, 2.75) is 44.4 Å². The van der Waals surface area contributed by atoms with E-state index in [2.05, 4.69) is 24.5 Å². The standard InChI is InChI=1S/C18H24N2O4S/c1-4-24-18(23)14-10-25-15(17(22)20-14)9-16(21)19-13-7-5-12(6-8-13)11(2)3/h5-8,11,14-15H,4,9-10H2,1-3H3,(H,19,21)(H,20,22)/t14-,15-/m1/s1. The van der Waals surface area contributed by atoms with Crippen molar-refractivity contribution in [1.29, 1.82) is 0 Å². The summed E-state index contributed by atoms with van der Waals surface area (Å²) in [5.74, 6) is -0.124. The third-order valence-corrected chi connectivity index (χ3v) is 5.18. The number of carbonyl (C=O) groups is 3. The van der Waals surface area contributed by atoms with Gasteiger partial charge in [-0.05, 0) is 30.5 Å². The van der Waals surface area contributed by atoms with Crippen LogP contribution in [0.3, 0.4) is 0 Å². The van der Waals surface area contributed by atoms with Gasteiger partial charge in [0.2, 0.25) is 11.8 Å². The van der Waals surface area contributed by atoms with Gasteiger partial charge >= 0.3 is 5.97 Å². The Kier molecular flexibility index (Phi) is 6.87. The summed E-state index contributed by atoms with van der Waals surface area (Å²) in [6.07, 6.45) is 0.0674. The van der Waals surface area contributed by atoms with Gasteiger partial charge in [0.1, 0.15) is 6.04 Å². The average molecular weight is 364 g/mol. The zero-order chi connectivity index (χ0) is 18.4. The van der Waals surface area contributed by atoms with E-state index in [4.69, 9.17) is 4.74 Å². The lowest BCUT2D eigenvalue weighted by atomic mass is 10.0. The molecule has 1 saturated heterocycles. The number of rotatable bonds is 6. The normalized spacial score (nSPS) is 20.1. The second kappa shape index (κ2) is 8.89. The van der Waals surface area contributed by atoms with Crippen LogP contribution in [0.5, 0.6) is 0 Å². The summed E-state index contributed by atoms with van der Waals surface area (Å²) in [6, 6.07) is 7.04. The highest BCUT2D eigenvalue weighted by molar-refractivity contribution is 8.00. The number of thioether (sulfide) groups is 1. The molecule has 1 aromatic carbocycles. The van der Waals surface area contributed by atoms with E-state index in [1.54, 1.807) is 6.92 Å². The fourth-order valence-corrected chi connectivity index (χ4v) is 3.58. The van der Waals surface area contributed by atoms with Crippen LogP contribution in [0.4, 0.5) is 5.69 Å². The fraction of sp³-hybridized carbons (Fsp3) is 0.500. The Morgan fingerprint density at radius 2 is 2.00 bits per heavy atom. The number of hydrogen-bond donors (Lipinski definition) is 2. The molecule has 0 aliphatic carbocycles. The molecule has 0 aromatic heterocycles. The minimum absolute atomic E-state index is 0.0674. The van der Waals surface area contributed by atoms with E-state index in [1.807, 2.05) is 24.3 Å². The maximum atomic E-state index is 12.2. The molecule has 1 aliphatic rings. The molecule has 0 spiro atoms. The number of carbonyl (C=O) groups excluding carboxylic acids is 3. The summed E-state index contributed by atoms with van der Waals surface area (Å²) in [7, 11) is 0. The van der Waals surface area contributed by atoms with Gasteiger partial charge in [-0.15, -0.1) is 11.8 Å². The number of amides is 2. The van der Waals surface area contributed by atoms with Gasteiger partial charge in [0.25, 0.3) is 0 Å². The predicted molar refractivity (Wildman–Crippen MR) is 98.6 cm³/mol. The van der Waals surface area contributed by atoms with Crippen LogP contribution in [0.25, 0.3) is 0 Å². The van der Waals surface area contributed by atoms with Gasteiger partial charge in [0.05, 0.1) is 11.9 Å². The molecule has 7 heteroatoms. The van der Waals surface area contributed by atoms with Gasteiger partial charge < -0.3 is 15.4 Å². The van der Waals surface area contributed by atoms with E-state index in [-0.39, 0.29) is 24.8 Å². The lowest BCUT2D eigenvalue weighted by Gasteiger charge is -2.27. The minimum Gasteiger partial charge on any atom is -0.464 e. The van der Waals surface area contributed by atoms with Crippen molar-refractivity contribution in [3.05, 3.63) is 29.8 Å². The lowest BCUT2D eigenvalue weighted by molar-refractivity contribution is -0.146. The minimum atomic E-state index is -0.639. The number of ether oxygens (including phenoxy) is 1. The first-order chi connectivity index (χ1) is 11.9. The summed E-state index contributed by atoms with van der Waals surface area (Å²) < 4.78 is 4.91. The monoisotopic (exact) mass is 364 g/mol. The van der Waals surface area contributed by atoms with Crippen molar-refractivity contribution in [3.63, 3.8) is 0 Å². The summed E-state index contributed by atoms with van der Waals surface area (Å²) in [5, 5.41) is 4.93. The van der Waals surface area contributed by atoms with Crippen molar-refractivity contribution in [3.8, 4) is 0 Å². The molecule has 2 rings (SSSR count). The Morgan fingerprint density at radius 3 is 2.56 bits per heavy atom. The number of esters is 1. The van der Waals surface area contributed by atoms with Crippen LogP contribution in [-0.2, 0) is 19.1 Å². The number of nitrogens with one attached hydrogen (secondary N) is 2. The van der Waals surface area contributed by atoms with Gasteiger partial charge in [-0.1, -0.05) is 26.0 Å². The van der Waals surface area contributed by atoms with E-state index in [9.17, 15) is 14.4 Å². The molecule has 2 amide bonds. The SMILES string of the molecule is CCOC(=O)[C@H]1CS[C@H](CC(=O)Nc2ccc(C(C)C)cc2)C(=O)N1. The van der Waals surface area contributed by atoms with E-state index in [1.165, 1.54) is 17.3 Å². The average Bonchev–Trinajstić information content (AvgIpc) is 2.57. The molecular formula is C18H24N2O4S. The molecule has 0 bridgehead atoms. The Bertz CT molecular complexity index is 630. The van der Waals surface area contributed by atoms with Gasteiger partial charge in [0, 0.05) is 17.9 Å². The summed E-state index contributed by atoms with van der Waals surface area (Å²) in [4.78, 5) is 35.9. The molecular weight excluding hydrogens is 340 g/mol. The first-order valence-corrected chi connectivity index (χ1v) is 9.44. The smallest absolute Gasteiger partial charge is 0.329 e. The number of anilines is 1. The van der Waals surface area contributed by atoms with Crippen molar-refractivity contribution in [1.82, 2.24) is 5.32 Å². The van der Waals surface area contributed by atoms with Crippen LogP contribution in [0.1, 0.15) is 38.7 Å². The highest BCUT2D eigenvalue weighted by Crippen LogP contribution is 2.23. The fourth-order valence-electron chi connectivity index (χ4n) is 2.45. The van der Waals surface area contributed by atoms with Crippen LogP contribution in [0, 0.1) is 0 Å². The zero-order valence-electron chi connectivity index (χ0n) is 14.7. The molecule has 6 nitrogen and oxygen atoms in total. The Balaban J connectivity index is 1.84. The topological polar surface area (TPSA) is 84.5 Å². The molecule has 1 aliphatic heterocycles. The first-order valence-electron chi connectivity index (χ1n) is 8.39. The maximum Gasteiger partial charge on any atom is 0.329 e. The van der Waals surface area contributed by atoms with Crippen LogP contribution in [0.15, 0.2) is 24.3 Å². The molecule has 1 aromatic rings. The second-order valence-corrected chi connectivity index (χ2v) is 7.40. The van der Waals surface area contributed by atoms with Gasteiger partial charge in [-0.2, -0.15) is 0 Å². The second-order valence-electron chi connectivity index (χ2n) is 6.16. The third-order valence-electron chi connectivity index (χ3n) is 3.88. The Morgan fingerprint density at radius 1 is 1.32 bits per heavy atom. The molecule has 0 saturated carbocycles. The molecule has 25 heavy (non-hydrogen) atoms. The zero-order valence-corrected chi connectivity index (χ0v) is 15.5. The highest BCUT2D eigenvalue weighted by atomic mass is 32.2. The van der Waals surface area contributed by atoms with Crippen molar-refractivity contribution >= 4 is 35.2 Å². The van der Waals surface area contributed by atoms with Crippen LogP contribution < -0.4 is 10.6 Å². The molecule has 0 unspecified atom stereocenters. The Labute approximate surface area is 152 Å². The van der Waals surface area contributed by atoms with Gasteiger partial charge in [-0.25, -0.2) is 4.79 Å². The first kappa shape index (κ1) is 19.3. The summed E-state index contributed by atoms with van der Waals surface area (Å²) >= 11 is 1.31. The van der Waals surface area contributed by atoms with E-state index < -0.39 is 17.3 Å². The number of benzene rings is 1. The molecule has 1 fully saturated rings. The van der Waals surface area contributed by atoms with Gasteiger partial charge in [-0.3, -0.25) is 9.59 Å². The number of hydrogen-bond acceptors (Lipinski definition) is 5. The Hall–Kier alpha value is -2.02. The van der Waals surface area contributed by atoms with E-state index >= 15 is 0 Å². The van der Waals surface area contributed by atoms with E-state index in [0.29, 0.717) is 17.4 Å². The molecule has 2 atom stereocenters.